The van der Waals surface area contributed by atoms with E-state index in [2.05, 4.69) is 15.5 Å². The lowest BCUT2D eigenvalue weighted by Gasteiger charge is -2.15. The molecule has 3 N–H and O–H groups in total. The number of halogens is 2. The van der Waals surface area contributed by atoms with Gasteiger partial charge < -0.3 is 15.6 Å². The summed E-state index contributed by atoms with van der Waals surface area (Å²) < 4.78 is 31.1. The Morgan fingerprint density at radius 3 is 2.76 bits per heavy atom. The highest BCUT2D eigenvalue weighted by atomic mass is 19.3. The number of nitrogens with zero attached hydrogens (tertiary/aromatic N) is 2. The minimum Gasteiger partial charge on any atom is -0.346 e. The van der Waals surface area contributed by atoms with E-state index in [9.17, 15) is 13.6 Å². The number of benzene rings is 1. The fourth-order valence-corrected chi connectivity index (χ4v) is 1.65. The number of aromatic nitrogens is 2. The van der Waals surface area contributed by atoms with Gasteiger partial charge in [0.15, 0.2) is 5.82 Å². The lowest BCUT2D eigenvalue weighted by molar-refractivity contribution is 0.0119. The summed E-state index contributed by atoms with van der Waals surface area (Å²) in [6, 6.07) is 6.39. The quantitative estimate of drug-likeness (QED) is 0.869. The van der Waals surface area contributed by atoms with Gasteiger partial charge in [-0.25, -0.2) is 8.78 Å². The molecule has 0 unspecified atom stereocenters. The average molecular weight is 296 g/mol. The van der Waals surface area contributed by atoms with E-state index in [4.69, 9.17) is 10.3 Å². The second-order valence-electron chi connectivity index (χ2n) is 4.44. The van der Waals surface area contributed by atoms with Crippen LogP contribution in [-0.2, 0) is 0 Å². The highest BCUT2D eigenvalue weighted by Crippen LogP contribution is 2.22. The molecule has 0 spiro atoms. The molecular formula is C13H14F2N4O2. The van der Waals surface area contributed by atoms with Crippen LogP contribution in [0.2, 0.25) is 0 Å². The van der Waals surface area contributed by atoms with Gasteiger partial charge in [-0.1, -0.05) is 17.3 Å². The Morgan fingerprint density at radius 2 is 2.14 bits per heavy atom. The summed E-state index contributed by atoms with van der Waals surface area (Å²) in [7, 11) is 0. The summed E-state index contributed by atoms with van der Waals surface area (Å²) in [6.07, 6.45) is 0. The van der Waals surface area contributed by atoms with Crippen LogP contribution in [0.1, 0.15) is 16.2 Å². The van der Waals surface area contributed by atoms with Crippen molar-refractivity contribution in [1.29, 1.82) is 0 Å². The zero-order chi connectivity index (χ0) is 15.5. The first-order valence-corrected chi connectivity index (χ1v) is 6.19. The number of hydrogen-bond acceptors (Lipinski definition) is 5. The van der Waals surface area contributed by atoms with Crippen LogP contribution in [0, 0.1) is 6.92 Å². The van der Waals surface area contributed by atoms with Gasteiger partial charge in [0.05, 0.1) is 24.2 Å². The van der Waals surface area contributed by atoms with Crippen LogP contribution in [-0.4, -0.2) is 35.1 Å². The number of nitrogens with two attached hydrogens (primary N) is 1. The van der Waals surface area contributed by atoms with Crippen molar-refractivity contribution in [2.24, 2.45) is 5.73 Å². The molecule has 2 rings (SSSR count). The molecule has 1 amide bonds. The minimum absolute atomic E-state index is 0.156. The molecule has 0 bridgehead atoms. The Balaban J connectivity index is 2.22. The van der Waals surface area contributed by atoms with Crippen LogP contribution in [0.4, 0.5) is 8.78 Å². The Labute approximate surface area is 119 Å². The fraction of sp³-hybridized carbons (Fsp3) is 0.308. The number of alkyl halides is 2. The van der Waals surface area contributed by atoms with E-state index in [0.29, 0.717) is 11.4 Å². The van der Waals surface area contributed by atoms with Gasteiger partial charge in [0.25, 0.3) is 17.7 Å². The van der Waals surface area contributed by atoms with Crippen molar-refractivity contribution in [3.8, 4) is 11.5 Å². The molecule has 6 nitrogen and oxygen atoms in total. The van der Waals surface area contributed by atoms with Gasteiger partial charge in [0.2, 0.25) is 0 Å². The van der Waals surface area contributed by atoms with Gasteiger partial charge in [-0.2, -0.15) is 4.98 Å². The number of nitrogens with one attached hydrogen (secondary N) is 1. The molecule has 1 aromatic heterocycles. The summed E-state index contributed by atoms with van der Waals surface area (Å²) in [4.78, 5) is 16.1. The molecule has 0 aliphatic heterocycles. The third kappa shape index (κ3) is 3.60. The molecule has 112 valence electrons. The molecule has 0 saturated carbocycles. The van der Waals surface area contributed by atoms with E-state index in [0.717, 1.165) is 0 Å². The van der Waals surface area contributed by atoms with Gasteiger partial charge in [-0.15, -0.1) is 0 Å². The Kier molecular flexibility index (Phi) is 4.27. The largest absolute Gasteiger partial charge is 0.346 e. The summed E-state index contributed by atoms with van der Waals surface area (Å²) in [5.41, 5.74) is 5.48. The molecule has 2 aromatic rings. The summed E-state index contributed by atoms with van der Waals surface area (Å²) in [5.74, 6) is -3.24. The monoisotopic (exact) mass is 296 g/mol. The maximum absolute atomic E-state index is 13.1. The molecule has 0 aliphatic rings. The Bertz CT molecular complexity index is 643. The highest BCUT2D eigenvalue weighted by Gasteiger charge is 2.28. The van der Waals surface area contributed by atoms with Crippen LogP contribution in [0.15, 0.2) is 28.8 Å². The van der Waals surface area contributed by atoms with E-state index >= 15 is 0 Å². The van der Waals surface area contributed by atoms with Crippen LogP contribution in [0.25, 0.3) is 11.5 Å². The first-order chi connectivity index (χ1) is 9.93. The number of carbonyl (C=O) groups is 1. The number of rotatable bonds is 5. The standard InChI is InChI=1S/C13H14F2N4O2/c1-8-18-12(21-19-8)10-5-3-2-4-9(10)11(20)17-7-13(14,15)6-16/h2-5H,6-7,16H2,1H3,(H,17,20). The summed E-state index contributed by atoms with van der Waals surface area (Å²) >= 11 is 0. The predicted octanol–water partition coefficient (Wildman–Crippen LogP) is 1.37. The van der Waals surface area contributed by atoms with E-state index in [-0.39, 0.29) is 11.5 Å². The number of carbonyl (C=O) groups excluding carboxylic acids is 1. The Hall–Kier alpha value is -2.35. The van der Waals surface area contributed by atoms with Gasteiger partial charge >= 0.3 is 0 Å². The van der Waals surface area contributed by atoms with Crippen molar-refractivity contribution in [1.82, 2.24) is 15.5 Å². The molecule has 0 atom stereocenters. The number of amides is 1. The van der Waals surface area contributed by atoms with Crippen molar-refractivity contribution in [2.75, 3.05) is 13.1 Å². The van der Waals surface area contributed by atoms with Gasteiger partial charge in [-0.3, -0.25) is 4.79 Å². The number of hydrogen-bond donors (Lipinski definition) is 2. The molecule has 21 heavy (non-hydrogen) atoms. The average Bonchev–Trinajstić information content (AvgIpc) is 2.91. The van der Waals surface area contributed by atoms with Gasteiger partial charge in [-0.05, 0) is 19.1 Å². The van der Waals surface area contributed by atoms with Gasteiger partial charge in [0, 0.05) is 0 Å². The molecule has 0 fully saturated rings. The summed E-state index contributed by atoms with van der Waals surface area (Å²) in [5, 5.41) is 5.79. The van der Waals surface area contributed by atoms with E-state index in [1.807, 2.05) is 0 Å². The van der Waals surface area contributed by atoms with Crippen molar-refractivity contribution >= 4 is 5.91 Å². The minimum atomic E-state index is -3.15. The second-order valence-corrected chi connectivity index (χ2v) is 4.44. The van der Waals surface area contributed by atoms with E-state index in [1.165, 1.54) is 6.07 Å². The van der Waals surface area contributed by atoms with E-state index < -0.39 is 24.9 Å². The van der Waals surface area contributed by atoms with Gasteiger partial charge in [0.1, 0.15) is 0 Å². The third-order valence-corrected chi connectivity index (χ3v) is 2.74. The Morgan fingerprint density at radius 1 is 1.43 bits per heavy atom. The maximum atomic E-state index is 13.1. The molecule has 8 heteroatoms. The lowest BCUT2D eigenvalue weighted by Crippen LogP contribution is -2.41. The van der Waals surface area contributed by atoms with Crippen LogP contribution in [0.5, 0.6) is 0 Å². The zero-order valence-electron chi connectivity index (χ0n) is 11.3. The normalized spacial score (nSPS) is 11.4. The predicted molar refractivity (Wildman–Crippen MR) is 70.8 cm³/mol. The molecule has 0 radical (unpaired) electrons. The van der Waals surface area contributed by atoms with Crippen molar-refractivity contribution in [3.05, 3.63) is 35.7 Å². The topological polar surface area (TPSA) is 94.0 Å². The van der Waals surface area contributed by atoms with E-state index in [1.54, 1.807) is 25.1 Å². The lowest BCUT2D eigenvalue weighted by atomic mass is 10.1. The smallest absolute Gasteiger partial charge is 0.277 e. The molecule has 0 saturated heterocycles. The first-order valence-electron chi connectivity index (χ1n) is 6.19. The van der Waals surface area contributed by atoms with Crippen molar-refractivity contribution < 1.29 is 18.1 Å². The maximum Gasteiger partial charge on any atom is 0.277 e. The van der Waals surface area contributed by atoms with Crippen molar-refractivity contribution in [3.63, 3.8) is 0 Å². The highest BCUT2D eigenvalue weighted by molar-refractivity contribution is 5.99. The first kappa shape index (κ1) is 15.0. The molecular weight excluding hydrogens is 282 g/mol. The van der Waals surface area contributed by atoms with Crippen LogP contribution < -0.4 is 11.1 Å². The SMILES string of the molecule is Cc1noc(-c2ccccc2C(=O)NCC(F)(F)CN)n1. The summed E-state index contributed by atoms with van der Waals surface area (Å²) in [6.45, 7) is -0.0329. The third-order valence-electron chi connectivity index (χ3n) is 2.74. The molecule has 1 aromatic carbocycles. The molecule has 0 aliphatic carbocycles. The van der Waals surface area contributed by atoms with Crippen LogP contribution >= 0.6 is 0 Å². The molecule has 1 heterocycles. The number of aryl methyl sites for hydroxylation is 1. The zero-order valence-corrected chi connectivity index (χ0v) is 11.3. The van der Waals surface area contributed by atoms with Crippen LogP contribution in [0.3, 0.4) is 0 Å². The second kappa shape index (κ2) is 5.96. The fourth-order valence-electron chi connectivity index (χ4n) is 1.65. The van der Waals surface area contributed by atoms with Crippen molar-refractivity contribution in [2.45, 2.75) is 12.8 Å².